The molecule has 2 amide bonds. The Morgan fingerprint density at radius 1 is 1.04 bits per heavy atom. The summed E-state index contributed by atoms with van der Waals surface area (Å²) in [5.41, 5.74) is 1.22. The summed E-state index contributed by atoms with van der Waals surface area (Å²) < 4.78 is 4.73. The summed E-state index contributed by atoms with van der Waals surface area (Å²) in [4.78, 5) is 42.9. The number of methoxy groups -OCH3 is 1. The van der Waals surface area contributed by atoms with Crippen LogP contribution in [-0.4, -0.2) is 47.9 Å². The Hall–Kier alpha value is -3.22. The number of hydrogen-bond acceptors (Lipinski definition) is 5. The number of para-hydroxylation sites is 1. The quantitative estimate of drug-likeness (QED) is 0.840. The Morgan fingerprint density at radius 2 is 1.74 bits per heavy atom. The zero-order valence-corrected chi connectivity index (χ0v) is 15.1. The molecule has 27 heavy (non-hydrogen) atoms. The van der Waals surface area contributed by atoms with Crippen LogP contribution in [0.1, 0.15) is 50.3 Å². The molecule has 0 aliphatic carbocycles. The smallest absolute Gasteiger partial charge is 0.339 e. The number of piperidine rings is 1. The molecule has 1 aliphatic rings. The number of amides is 2. The number of aromatic nitrogens is 1. The third-order valence-electron chi connectivity index (χ3n) is 4.47. The van der Waals surface area contributed by atoms with E-state index < -0.39 is 11.9 Å². The summed E-state index contributed by atoms with van der Waals surface area (Å²) in [6, 6.07) is 8.09. The number of carbonyl (C=O) groups excluding carboxylic acids is 3. The van der Waals surface area contributed by atoms with Crippen molar-refractivity contribution in [3.05, 3.63) is 59.4 Å². The molecule has 1 saturated heterocycles. The second kappa shape index (κ2) is 8.44. The summed E-state index contributed by atoms with van der Waals surface area (Å²) in [7, 11) is 1.28. The molecule has 7 nitrogen and oxygen atoms in total. The SMILES string of the molecule is COC(=O)c1ccccc1NC(=O)c1cncc(C(=O)N2CCCCC2)c1. The topological polar surface area (TPSA) is 88.6 Å². The molecule has 1 aromatic carbocycles. The molecule has 0 radical (unpaired) electrons. The normalized spacial score (nSPS) is 13.7. The van der Waals surface area contributed by atoms with E-state index in [0.29, 0.717) is 11.3 Å². The second-order valence-corrected chi connectivity index (χ2v) is 6.31. The lowest BCUT2D eigenvalue weighted by Crippen LogP contribution is -2.35. The van der Waals surface area contributed by atoms with E-state index in [1.165, 1.54) is 25.6 Å². The predicted molar refractivity (Wildman–Crippen MR) is 99.7 cm³/mol. The lowest BCUT2D eigenvalue weighted by molar-refractivity contribution is 0.0601. The van der Waals surface area contributed by atoms with Gasteiger partial charge in [-0.25, -0.2) is 4.79 Å². The van der Waals surface area contributed by atoms with E-state index in [1.54, 1.807) is 29.2 Å². The van der Waals surface area contributed by atoms with Crippen LogP contribution in [0.15, 0.2) is 42.7 Å². The number of nitrogens with one attached hydrogen (secondary N) is 1. The molecule has 0 atom stereocenters. The lowest BCUT2D eigenvalue weighted by atomic mass is 10.1. The zero-order chi connectivity index (χ0) is 19.2. The van der Waals surface area contributed by atoms with Crippen molar-refractivity contribution in [2.45, 2.75) is 19.3 Å². The van der Waals surface area contributed by atoms with Gasteiger partial charge in [0.05, 0.1) is 29.5 Å². The van der Waals surface area contributed by atoms with Crippen LogP contribution in [0.3, 0.4) is 0 Å². The maximum Gasteiger partial charge on any atom is 0.339 e. The standard InChI is InChI=1S/C20H21N3O4/c1-27-20(26)16-7-3-4-8-17(16)22-18(24)14-11-15(13-21-12-14)19(25)23-9-5-2-6-10-23/h3-4,7-8,11-13H,2,5-6,9-10H2,1H3,(H,22,24). The summed E-state index contributed by atoms with van der Waals surface area (Å²) in [5.74, 6) is -1.11. The Balaban J connectivity index is 1.78. The average molecular weight is 367 g/mol. The van der Waals surface area contributed by atoms with E-state index in [2.05, 4.69) is 10.3 Å². The highest BCUT2D eigenvalue weighted by Gasteiger charge is 2.20. The highest BCUT2D eigenvalue weighted by atomic mass is 16.5. The molecule has 1 fully saturated rings. The van der Waals surface area contributed by atoms with Crippen LogP contribution in [0.2, 0.25) is 0 Å². The van der Waals surface area contributed by atoms with Crippen LogP contribution >= 0.6 is 0 Å². The van der Waals surface area contributed by atoms with Crippen LogP contribution in [-0.2, 0) is 4.74 Å². The van der Waals surface area contributed by atoms with Gasteiger partial charge < -0.3 is 15.0 Å². The number of anilines is 1. The maximum atomic E-state index is 12.6. The van der Waals surface area contributed by atoms with Crippen LogP contribution in [0.25, 0.3) is 0 Å². The number of pyridine rings is 1. The summed E-state index contributed by atoms with van der Waals surface area (Å²) in [5, 5.41) is 2.68. The summed E-state index contributed by atoms with van der Waals surface area (Å²) in [6.45, 7) is 1.45. The summed E-state index contributed by atoms with van der Waals surface area (Å²) >= 11 is 0. The molecule has 3 rings (SSSR count). The van der Waals surface area contributed by atoms with Crippen molar-refractivity contribution < 1.29 is 19.1 Å². The van der Waals surface area contributed by atoms with E-state index in [0.717, 1.165) is 32.4 Å². The molecule has 140 valence electrons. The number of carbonyl (C=O) groups is 3. The van der Waals surface area contributed by atoms with Gasteiger partial charge in [-0.3, -0.25) is 14.6 Å². The first kappa shape index (κ1) is 18.6. The highest BCUT2D eigenvalue weighted by molar-refractivity contribution is 6.08. The molecule has 0 unspecified atom stereocenters. The Labute approximate surface area is 157 Å². The number of hydrogen-bond donors (Lipinski definition) is 1. The number of likely N-dealkylation sites (tertiary alicyclic amines) is 1. The third-order valence-corrected chi connectivity index (χ3v) is 4.47. The molecular formula is C20H21N3O4. The van der Waals surface area contributed by atoms with Crippen LogP contribution in [0.4, 0.5) is 5.69 Å². The van der Waals surface area contributed by atoms with E-state index in [1.807, 2.05) is 0 Å². The fraction of sp³-hybridized carbons (Fsp3) is 0.300. The molecular weight excluding hydrogens is 346 g/mol. The van der Waals surface area contributed by atoms with Gasteiger partial charge in [-0.1, -0.05) is 12.1 Å². The average Bonchev–Trinajstić information content (AvgIpc) is 2.73. The number of nitrogens with zero attached hydrogens (tertiary/aromatic N) is 2. The monoisotopic (exact) mass is 367 g/mol. The Bertz CT molecular complexity index is 860. The zero-order valence-electron chi connectivity index (χ0n) is 15.1. The van der Waals surface area contributed by atoms with Gasteiger partial charge in [-0.15, -0.1) is 0 Å². The number of esters is 1. The van der Waals surface area contributed by atoms with Gasteiger partial charge in [-0.2, -0.15) is 0 Å². The van der Waals surface area contributed by atoms with E-state index in [-0.39, 0.29) is 17.0 Å². The molecule has 0 saturated carbocycles. The summed E-state index contributed by atoms with van der Waals surface area (Å²) in [6.07, 6.45) is 5.97. The first-order valence-corrected chi connectivity index (χ1v) is 8.83. The van der Waals surface area contributed by atoms with Crippen LogP contribution in [0.5, 0.6) is 0 Å². The molecule has 0 spiro atoms. The van der Waals surface area contributed by atoms with Gasteiger partial charge in [0.1, 0.15) is 0 Å². The minimum absolute atomic E-state index is 0.119. The molecule has 0 bridgehead atoms. The highest BCUT2D eigenvalue weighted by Crippen LogP contribution is 2.18. The largest absolute Gasteiger partial charge is 0.465 e. The van der Waals surface area contributed by atoms with E-state index >= 15 is 0 Å². The van der Waals surface area contributed by atoms with Gasteiger partial charge in [0, 0.05) is 25.5 Å². The van der Waals surface area contributed by atoms with Crippen molar-refractivity contribution in [3.63, 3.8) is 0 Å². The molecule has 1 N–H and O–H groups in total. The number of rotatable bonds is 4. The molecule has 7 heteroatoms. The first-order chi connectivity index (χ1) is 13.1. The first-order valence-electron chi connectivity index (χ1n) is 8.83. The van der Waals surface area contributed by atoms with Gasteiger partial charge in [0.2, 0.25) is 0 Å². The van der Waals surface area contributed by atoms with Gasteiger partial charge in [0.25, 0.3) is 11.8 Å². The predicted octanol–water partition coefficient (Wildman–Crippen LogP) is 2.75. The van der Waals surface area contributed by atoms with Crippen molar-refractivity contribution in [1.29, 1.82) is 0 Å². The third kappa shape index (κ3) is 4.31. The van der Waals surface area contributed by atoms with Crippen molar-refractivity contribution in [1.82, 2.24) is 9.88 Å². The lowest BCUT2D eigenvalue weighted by Gasteiger charge is -2.26. The minimum atomic E-state index is -0.543. The van der Waals surface area contributed by atoms with Crippen LogP contribution < -0.4 is 5.32 Å². The fourth-order valence-electron chi connectivity index (χ4n) is 3.04. The van der Waals surface area contributed by atoms with E-state index in [9.17, 15) is 14.4 Å². The van der Waals surface area contributed by atoms with Gasteiger partial charge in [0.15, 0.2) is 0 Å². The minimum Gasteiger partial charge on any atom is -0.465 e. The maximum absolute atomic E-state index is 12.6. The van der Waals surface area contributed by atoms with Crippen molar-refractivity contribution in [3.8, 4) is 0 Å². The van der Waals surface area contributed by atoms with Crippen LogP contribution in [0, 0.1) is 0 Å². The molecule has 2 heterocycles. The van der Waals surface area contributed by atoms with Crippen molar-refractivity contribution >= 4 is 23.5 Å². The van der Waals surface area contributed by atoms with E-state index in [4.69, 9.17) is 4.74 Å². The Morgan fingerprint density at radius 3 is 2.48 bits per heavy atom. The number of ether oxygens (including phenoxy) is 1. The second-order valence-electron chi connectivity index (χ2n) is 6.31. The molecule has 2 aromatic rings. The number of benzene rings is 1. The van der Waals surface area contributed by atoms with Gasteiger partial charge in [-0.05, 0) is 37.5 Å². The molecule has 1 aliphatic heterocycles. The van der Waals surface area contributed by atoms with Gasteiger partial charge >= 0.3 is 5.97 Å². The Kier molecular flexibility index (Phi) is 5.80. The van der Waals surface area contributed by atoms with Crippen molar-refractivity contribution in [2.24, 2.45) is 0 Å². The fourth-order valence-corrected chi connectivity index (χ4v) is 3.04. The molecule has 1 aromatic heterocycles. The van der Waals surface area contributed by atoms with Crippen molar-refractivity contribution in [2.75, 3.05) is 25.5 Å².